The summed E-state index contributed by atoms with van der Waals surface area (Å²) >= 11 is 0. The van der Waals surface area contributed by atoms with Gasteiger partial charge in [0.15, 0.2) is 0 Å². The molecule has 0 spiro atoms. The number of benzene rings is 1. The van der Waals surface area contributed by atoms with Gasteiger partial charge >= 0.3 is 0 Å². The summed E-state index contributed by atoms with van der Waals surface area (Å²) in [6, 6.07) is 2.95. The lowest BCUT2D eigenvalue weighted by Gasteiger charge is -2.28. The van der Waals surface area contributed by atoms with Crippen molar-refractivity contribution in [3.63, 3.8) is 0 Å². The van der Waals surface area contributed by atoms with Crippen molar-refractivity contribution in [1.82, 2.24) is 5.32 Å². The van der Waals surface area contributed by atoms with Gasteiger partial charge < -0.3 is 15.5 Å². The van der Waals surface area contributed by atoms with Gasteiger partial charge in [-0.05, 0) is 25.0 Å². The SMILES string of the molecule is O=C(NC1CCCCC1O)c1ccc(F)cc1O. The van der Waals surface area contributed by atoms with Crippen molar-refractivity contribution < 1.29 is 19.4 Å². The van der Waals surface area contributed by atoms with Crippen molar-refractivity contribution in [2.75, 3.05) is 0 Å². The van der Waals surface area contributed by atoms with Crippen molar-refractivity contribution in [2.45, 2.75) is 37.8 Å². The van der Waals surface area contributed by atoms with Gasteiger partial charge in [-0.15, -0.1) is 0 Å². The molecule has 4 nitrogen and oxygen atoms in total. The lowest BCUT2D eigenvalue weighted by molar-refractivity contribution is 0.0715. The highest BCUT2D eigenvalue weighted by Gasteiger charge is 2.25. The fourth-order valence-corrected chi connectivity index (χ4v) is 2.22. The second-order valence-electron chi connectivity index (χ2n) is 4.59. The number of phenols is 1. The van der Waals surface area contributed by atoms with Gasteiger partial charge in [-0.2, -0.15) is 0 Å². The van der Waals surface area contributed by atoms with E-state index in [1.807, 2.05) is 0 Å². The molecule has 5 heteroatoms. The third-order valence-electron chi connectivity index (χ3n) is 3.25. The van der Waals surface area contributed by atoms with Crippen LogP contribution in [0.2, 0.25) is 0 Å². The van der Waals surface area contributed by atoms with E-state index in [1.54, 1.807) is 0 Å². The quantitative estimate of drug-likeness (QED) is 0.749. The molecule has 2 atom stereocenters. The van der Waals surface area contributed by atoms with Crippen LogP contribution in [0.1, 0.15) is 36.0 Å². The predicted octanol–water partition coefficient (Wildman–Crippen LogP) is 1.56. The van der Waals surface area contributed by atoms with Gasteiger partial charge in [0.25, 0.3) is 5.91 Å². The minimum Gasteiger partial charge on any atom is -0.507 e. The van der Waals surface area contributed by atoms with Crippen LogP contribution >= 0.6 is 0 Å². The Labute approximate surface area is 104 Å². The molecule has 0 aromatic heterocycles. The van der Waals surface area contributed by atoms with Gasteiger partial charge in [-0.3, -0.25) is 4.79 Å². The first-order valence-electron chi connectivity index (χ1n) is 6.05. The Hall–Kier alpha value is -1.62. The number of hydrogen-bond acceptors (Lipinski definition) is 3. The Kier molecular flexibility index (Phi) is 3.81. The number of rotatable bonds is 2. The molecule has 0 bridgehead atoms. The Morgan fingerprint density at radius 2 is 2.06 bits per heavy atom. The van der Waals surface area contributed by atoms with E-state index in [1.165, 1.54) is 6.07 Å². The fourth-order valence-electron chi connectivity index (χ4n) is 2.22. The van der Waals surface area contributed by atoms with E-state index >= 15 is 0 Å². The van der Waals surface area contributed by atoms with Crippen molar-refractivity contribution in [3.8, 4) is 5.75 Å². The molecule has 1 fully saturated rings. The standard InChI is InChI=1S/C13H16FNO3/c14-8-5-6-9(12(17)7-8)13(18)15-10-3-1-2-4-11(10)16/h5-7,10-11,16-17H,1-4H2,(H,15,18). The summed E-state index contributed by atoms with van der Waals surface area (Å²) in [5.74, 6) is -1.47. The highest BCUT2D eigenvalue weighted by atomic mass is 19.1. The number of carbonyl (C=O) groups excluding carboxylic acids is 1. The van der Waals surface area contributed by atoms with E-state index in [2.05, 4.69) is 5.32 Å². The number of hydrogen-bond donors (Lipinski definition) is 3. The van der Waals surface area contributed by atoms with Crippen LogP contribution in [0.15, 0.2) is 18.2 Å². The predicted molar refractivity (Wildman–Crippen MR) is 63.8 cm³/mol. The van der Waals surface area contributed by atoms with Gasteiger partial charge in [0.05, 0.1) is 17.7 Å². The summed E-state index contributed by atoms with van der Waals surface area (Å²) in [7, 11) is 0. The third-order valence-corrected chi connectivity index (χ3v) is 3.25. The molecule has 1 saturated carbocycles. The molecule has 0 radical (unpaired) electrons. The zero-order valence-electron chi connectivity index (χ0n) is 9.90. The molecular formula is C13H16FNO3. The molecule has 18 heavy (non-hydrogen) atoms. The molecule has 1 amide bonds. The minimum atomic E-state index is -0.596. The van der Waals surface area contributed by atoms with Crippen LogP contribution in [-0.4, -0.2) is 28.3 Å². The lowest BCUT2D eigenvalue weighted by Crippen LogP contribution is -2.45. The largest absolute Gasteiger partial charge is 0.507 e. The normalized spacial score (nSPS) is 23.7. The molecule has 3 N–H and O–H groups in total. The number of phenolic OH excluding ortho intramolecular Hbond substituents is 1. The van der Waals surface area contributed by atoms with Gasteiger partial charge in [-0.25, -0.2) is 4.39 Å². The smallest absolute Gasteiger partial charge is 0.255 e. The first kappa shape index (κ1) is 12.8. The average Bonchev–Trinajstić information content (AvgIpc) is 2.32. The number of halogens is 1. The molecule has 2 rings (SSSR count). The second kappa shape index (κ2) is 5.35. The maximum Gasteiger partial charge on any atom is 0.255 e. The molecular weight excluding hydrogens is 237 g/mol. The van der Waals surface area contributed by atoms with Gasteiger partial charge in [-0.1, -0.05) is 12.8 Å². The summed E-state index contributed by atoms with van der Waals surface area (Å²) in [4.78, 5) is 11.9. The monoisotopic (exact) mass is 253 g/mol. The maximum absolute atomic E-state index is 12.8. The summed E-state index contributed by atoms with van der Waals surface area (Å²) < 4.78 is 12.8. The van der Waals surface area contributed by atoms with Crippen molar-refractivity contribution in [1.29, 1.82) is 0 Å². The van der Waals surface area contributed by atoms with Crippen molar-refractivity contribution in [2.24, 2.45) is 0 Å². The topological polar surface area (TPSA) is 69.6 Å². The Morgan fingerprint density at radius 1 is 1.33 bits per heavy atom. The van der Waals surface area contributed by atoms with E-state index < -0.39 is 23.6 Å². The number of aromatic hydroxyl groups is 1. The Balaban J connectivity index is 2.07. The van der Waals surface area contributed by atoms with Crippen LogP contribution in [0.25, 0.3) is 0 Å². The van der Waals surface area contributed by atoms with Crippen LogP contribution in [0.4, 0.5) is 4.39 Å². The summed E-state index contributed by atoms with van der Waals surface area (Å²) in [5, 5.41) is 21.9. The van der Waals surface area contributed by atoms with Crippen LogP contribution in [0.3, 0.4) is 0 Å². The van der Waals surface area contributed by atoms with Crippen molar-refractivity contribution in [3.05, 3.63) is 29.6 Å². The average molecular weight is 253 g/mol. The van der Waals surface area contributed by atoms with Gasteiger partial charge in [0.2, 0.25) is 0 Å². The molecule has 1 aliphatic carbocycles. The number of aliphatic hydroxyl groups excluding tert-OH is 1. The summed E-state index contributed by atoms with van der Waals surface area (Å²) in [6.45, 7) is 0. The Bertz CT molecular complexity index is 450. The molecule has 98 valence electrons. The number of nitrogens with one attached hydrogen (secondary N) is 1. The highest BCUT2D eigenvalue weighted by Crippen LogP contribution is 2.21. The zero-order valence-corrected chi connectivity index (χ0v) is 9.90. The van der Waals surface area contributed by atoms with Crippen LogP contribution < -0.4 is 5.32 Å². The first-order valence-corrected chi connectivity index (χ1v) is 6.05. The van der Waals surface area contributed by atoms with Crippen molar-refractivity contribution >= 4 is 5.91 Å². The molecule has 1 aliphatic rings. The lowest BCUT2D eigenvalue weighted by atomic mass is 9.92. The summed E-state index contributed by atoms with van der Waals surface area (Å²) in [5.41, 5.74) is 0.0224. The van der Waals surface area contributed by atoms with E-state index in [0.29, 0.717) is 6.42 Å². The maximum atomic E-state index is 12.8. The first-order chi connectivity index (χ1) is 8.58. The number of carbonyl (C=O) groups is 1. The number of aliphatic hydroxyl groups is 1. The van der Waals surface area contributed by atoms with Gasteiger partial charge in [0.1, 0.15) is 11.6 Å². The zero-order chi connectivity index (χ0) is 13.1. The third kappa shape index (κ3) is 2.79. The fraction of sp³-hybridized carbons (Fsp3) is 0.462. The molecule has 0 saturated heterocycles. The molecule has 1 aromatic rings. The summed E-state index contributed by atoms with van der Waals surface area (Å²) in [6.07, 6.45) is 2.74. The molecule has 0 aliphatic heterocycles. The van der Waals surface area contributed by atoms with E-state index in [-0.39, 0.29) is 11.6 Å². The second-order valence-corrected chi connectivity index (χ2v) is 4.59. The minimum absolute atomic E-state index is 0.0224. The highest BCUT2D eigenvalue weighted by molar-refractivity contribution is 5.97. The van der Waals surface area contributed by atoms with Crippen LogP contribution in [-0.2, 0) is 0 Å². The van der Waals surface area contributed by atoms with Gasteiger partial charge in [0, 0.05) is 6.07 Å². The number of amides is 1. The Morgan fingerprint density at radius 3 is 2.72 bits per heavy atom. The van der Waals surface area contributed by atoms with Crippen LogP contribution in [0, 0.1) is 5.82 Å². The van der Waals surface area contributed by atoms with E-state index in [9.17, 15) is 19.4 Å². The van der Waals surface area contributed by atoms with Crippen LogP contribution in [0.5, 0.6) is 5.75 Å². The van der Waals surface area contributed by atoms with E-state index in [4.69, 9.17) is 0 Å². The molecule has 2 unspecified atom stereocenters. The molecule has 0 heterocycles. The van der Waals surface area contributed by atoms with E-state index in [0.717, 1.165) is 31.4 Å². The molecule has 1 aromatic carbocycles.